The summed E-state index contributed by atoms with van der Waals surface area (Å²) in [6, 6.07) is 3.83. The molecule has 1 aromatic carbocycles. The van der Waals surface area contributed by atoms with Crippen LogP contribution < -0.4 is 15.2 Å². The number of thioether (sulfide) groups is 1. The van der Waals surface area contributed by atoms with Crippen LogP contribution in [0.4, 0.5) is 5.69 Å². The molecule has 3 nitrogen and oxygen atoms in total. The maximum absolute atomic E-state index is 5.93. The van der Waals surface area contributed by atoms with Gasteiger partial charge in [-0.1, -0.05) is 6.92 Å². The molecule has 0 spiro atoms. The van der Waals surface area contributed by atoms with Gasteiger partial charge in [-0.2, -0.15) is 0 Å². The number of nitrogens with two attached hydrogens (primary N) is 1. The molecule has 0 aliphatic carbocycles. The number of hydrogen-bond acceptors (Lipinski definition) is 4. The highest BCUT2D eigenvalue weighted by molar-refractivity contribution is 7.99. The van der Waals surface area contributed by atoms with E-state index >= 15 is 0 Å². The van der Waals surface area contributed by atoms with Gasteiger partial charge in [0.05, 0.1) is 0 Å². The molecule has 1 aromatic rings. The molecule has 0 fully saturated rings. The van der Waals surface area contributed by atoms with Crippen molar-refractivity contribution in [1.29, 1.82) is 0 Å². The molecule has 0 bridgehead atoms. The lowest BCUT2D eigenvalue weighted by Gasteiger charge is -2.19. The van der Waals surface area contributed by atoms with Gasteiger partial charge >= 0.3 is 0 Å². The summed E-state index contributed by atoms with van der Waals surface area (Å²) < 4.78 is 11.0. The highest BCUT2D eigenvalue weighted by atomic mass is 32.2. The first kappa shape index (κ1) is 10.5. The van der Waals surface area contributed by atoms with Crippen LogP contribution in [-0.2, 0) is 0 Å². The van der Waals surface area contributed by atoms with E-state index in [9.17, 15) is 0 Å². The van der Waals surface area contributed by atoms with Crippen LogP contribution in [0.3, 0.4) is 0 Å². The molecular weight excluding hydrogens is 210 g/mol. The number of ether oxygens (including phenoxy) is 2. The summed E-state index contributed by atoms with van der Waals surface area (Å²) in [5, 5.41) is 0. The quantitative estimate of drug-likeness (QED) is 0.634. The Balaban J connectivity index is 2.24. The van der Waals surface area contributed by atoms with Crippen molar-refractivity contribution in [1.82, 2.24) is 0 Å². The summed E-state index contributed by atoms with van der Waals surface area (Å²) in [6.45, 7) is 3.38. The Labute approximate surface area is 93.9 Å². The lowest BCUT2D eigenvalue weighted by atomic mass is 10.2. The first-order valence-corrected chi connectivity index (χ1v) is 6.11. The average molecular weight is 225 g/mol. The monoisotopic (exact) mass is 225 g/mol. The predicted molar refractivity (Wildman–Crippen MR) is 62.9 cm³/mol. The number of nitrogen functional groups attached to an aromatic ring is 1. The van der Waals surface area contributed by atoms with E-state index in [1.165, 1.54) is 0 Å². The Bertz CT molecular complexity index is 355. The topological polar surface area (TPSA) is 44.5 Å². The zero-order chi connectivity index (χ0) is 10.7. The van der Waals surface area contributed by atoms with Crippen molar-refractivity contribution in [3.63, 3.8) is 0 Å². The highest BCUT2D eigenvalue weighted by Crippen LogP contribution is 2.38. The SMILES string of the molecule is CCCSc1cc2c(cc1N)OCCO2. The molecule has 0 amide bonds. The van der Waals surface area contributed by atoms with E-state index in [0.29, 0.717) is 13.2 Å². The van der Waals surface area contributed by atoms with Crippen LogP contribution in [0, 0.1) is 0 Å². The van der Waals surface area contributed by atoms with Crippen LogP contribution in [0.2, 0.25) is 0 Å². The van der Waals surface area contributed by atoms with Crippen LogP contribution in [0.15, 0.2) is 17.0 Å². The molecule has 0 radical (unpaired) electrons. The summed E-state index contributed by atoms with van der Waals surface area (Å²) in [5.41, 5.74) is 6.70. The smallest absolute Gasteiger partial charge is 0.163 e. The Morgan fingerprint density at radius 1 is 1.27 bits per heavy atom. The van der Waals surface area contributed by atoms with Gasteiger partial charge in [0, 0.05) is 16.6 Å². The lowest BCUT2D eigenvalue weighted by molar-refractivity contribution is 0.171. The largest absolute Gasteiger partial charge is 0.486 e. The van der Waals surface area contributed by atoms with Gasteiger partial charge in [0.1, 0.15) is 13.2 Å². The van der Waals surface area contributed by atoms with Crippen molar-refractivity contribution < 1.29 is 9.47 Å². The van der Waals surface area contributed by atoms with Gasteiger partial charge in [-0.25, -0.2) is 0 Å². The summed E-state index contributed by atoms with van der Waals surface area (Å²) in [6.07, 6.45) is 1.14. The third kappa shape index (κ3) is 2.31. The van der Waals surface area contributed by atoms with Gasteiger partial charge in [-0.05, 0) is 18.2 Å². The van der Waals surface area contributed by atoms with Gasteiger partial charge < -0.3 is 15.2 Å². The molecule has 2 N–H and O–H groups in total. The Morgan fingerprint density at radius 3 is 2.60 bits per heavy atom. The second-order valence-electron chi connectivity index (χ2n) is 3.38. The van der Waals surface area contributed by atoms with E-state index in [2.05, 4.69) is 6.92 Å². The molecule has 15 heavy (non-hydrogen) atoms. The van der Waals surface area contributed by atoms with Crippen molar-refractivity contribution in [3.8, 4) is 11.5 Å². The first-order valence-electron chi connectivity index (χ1n) is 5.13. The minimum Gasteiger partial charge on any atom is -0.486 e. The van der Waals surface area contributed by atoms with Gasteiger partial charge in [-0.15, -0.1) is 11.8 Å². The Hall–Kier alpha value is -1.03. The average Bonchev–Trinajstić information content (AvgIpc) is 2.26. The van der Waals surface area contributed by atoms with E-state index < -0.39 is 0 Å². The predicted octanol–water partition coefficient (Wildman–Crippen LogP) is 2.54. The first-order chi connectivity index (χ1) is 7.31. The van der Waals surface area contributed by atoms with Gasteiger partial charge in [0.2, 0.25) is 0 Å². The van der Waals surface area contributed by atoms with E-state index in [1.54, 1.807) is 11.8 Å². The molecule has 1 aliphatic rings. The molecule has 1 aliphatic heterocycles. The molecule has 2 rings (SSSR count). The fourth-order valence-corrected chi connectivity index (χ4v) is 2.26. The Kier molecular flexibility index (Phi) is 3.26. The molecule has 0 saturated heterocycles. The minimum absolute atomic E-state index is 0.605. The van der Waals surface area contributed by atoms with Crippen molar-refractivity contribution in [3.05, 3.63) is 12.1 Å². The number of fused-ring (bicyclic) bond motifs is 1. The fourth-order valence-electron chi connectivity index (χ4n) is 1.42. The van der Waals surface area contributed by atoms with E-state index in [1.807, 2.05) is 12.1 Å². The van der Waals surface area contributed by atoms with Gasteiger partial charge in [0.15, 0.2) is 11.5 Å². The standard InChI is InChI=1S/C11H15NO2S/c1-2-5-15-11-7-10-9(6-8(11)12)13-3-4-14-10/h6-7H,2-5,12H2,1H3. The van der Waals surface area contributed by atoms with Crippen LogP contribution in [-0.4, -0.2) is 19.0 Å². The Morgan fingerprint density at radius 2 is 1.93 bits per heavy atom. The molecular formula is C11H15NO2S. The molecule has 0 aromatic heterocycles. The van der Waals surface area contributed by atoms with Crippen molar-refractivity contribution in [2.24, 2.45) is 0 Å². The maximum atomic E-state index is 5.93. The third-order valence-electron chi connectivity index (χ3n) is 2.14. The second-order valence-corrected chi connectivity index (χ2v) is 4.52. The zero-order valence-electron chi connectivity index (χ0n) is 8.79. The van der Waals surface area contributed by atoms with Crippen molar-refractivity contribution >= 4 is 17.4 Å². The normalized spacial score (nSPS) is 13.9. The number of anilines is 1. The molecule has 0 unspecified atom stereocenters. The van der Waals surface area contributed by atoms with Crippen LogP contribution in [0.5, 0.6) is 11.5 Å². The lowest BCUT2D eigenvalue weighted by Crippen LogP contribution is -2.15. The van der Waals surface area contributed by atoms with Crippen LogP contribution >= 0.6 is 11.8 Å². The van der Waals surface area contributed by atoms with Crippen molar-refractivity contribution in [2.45, 2.75) is 18.2 Å². The minimum atomic E-state index is 0.605. The van der Waals surface area contributed by atoms with Gasteiger partial charge in [-0.3, -0.25) is 0 Å². The highest BCUT2D eigenvalue weighted by Gasteiger charge is 2.14. The summed E-state index contributed by atoms with van der Waals surface area (Å²) in [4.78, 5) is 1.08. The van der Waals surface area contributed by atoms with E-state index in [4.69, 9.17) is 15.2 Å². The summed E-state index contributed by atoms with van der Waals surface area (Å²) in [7, 11) is 0. The van der Waals surface area contributed by atoms with E-state index in [-0.39, 0.29) is 0 Å². The summed E-state index contributed by atoms with van der Waals surface area (Å²) in [5.74, 6) is 2.65. The summed E-state index contributed by atoms with van der Waals surface area (Å²) >= 11 is 1.76. The van der Waals surface area contributed by atoms with Crippen LogP contribution in [0.25, 0.3) is 0 Å². The molecule has 0 atom stereocenters. The number of benzene rings is 1. The molecule has 82 valence electrons. The molecule has 4 heteroatoms. The second kappa shape index (κ2) is 4.66. The van der Waals surface area contributed by atoms with E-state index in [0.717, 1.165) is 34.3 Å². The van der Waals surface area contributed by atoms with Crippen molar-refractivity contribution in [2.75, 3.05) is 24.7 Å². The van der Waals surface area contributed by atoms with Gasteiger partial charge in [0.25, 0.3) is 0 Å². The molecule has 1 heterocycles. The third-order valence-corrected chi connectivity index (χ3v) is 3.41. The number of rotatable bonds is 3. The van der Waals surface area contributed by atoms with Crippen LogP contribution in [0.1, 0.15) is 13.3 Å². The molecule has 0 saturated carbocycles. The zero-order valence-corrected chi connectivity index (χ0v) is 9.60. The fraction of sp³-hybridized carbons (Fsp3) is 0.455. The number of hydrogen-bond donors (Lipinski definition) is 1. The maximum Gasteiger partial charge on any atom is 0.163 e.